The zero-order chi connectivity index (χ0) is 19.2. The molecule has 1 aliphatic heterocycles. The van der Waals surface area contributed by atoms with Crippen molar-refractivity contribution < 1.29 is 27.9 Å². The van der Waals surface area contributed by atoms with Gasteiger partial charge < -0.3 is 24.3 Å². The molecule has 10 nitrogen and oxygen atoms in total. The highest BCUT2D eigenvalue weighted by Crippen LogP contribution is 2.47. The van der Waals surface area contributed by atoms with Crippen LogP contribution < -0.4 is 11.4 Å². The molecule has 0 bridgehead atoms. The summed E-state index contributed by atoms with van der Waals surface area (Å²) in [7, 11) is -3.50. The summed E-state index contributed by atoms with van der Waals surface area (Å²) in [5.74, 6) is -0.0750. The lowest BCUT2D eigenvalue weighted by atomic mass is 10.5. The highest BCUT2D eigenvalue weighted by molar-refractivity contribution is 8.00. The van der Waals surface area contributed by atoms with Gasteiger partial charge in [-0.15, -0.1) is 11.8 Å². The van der Waals surface area contributed by atoms with Crippen molar-refractivity contribution in [2.45, 2.75) is 25.5 Å². The molecular formula is C14H22N3O7PS. The van der Waals surface area contributed by atoms with Crippen molar-refractivity contribution in [2.24, 2.45) is 0 Å². The molecule has 2 unspecified atom stereocenters. The van der Waals surface area contributed by atoms with Gasteiger partial charge in [-0.25, -0.2) is 4.79 Å². The number of nitrogens with zero attached hydrogens (tertiary/aromatic N) is 2. The Hall–Kier alpha value is -1.39. The number of nitrogen functional groups attached to an aromatic ring is 1. The SMILES string of the molecule is CCOP(=O)(CC(=O)OCC1OC(n2ccc(N)nc2=O)CS1)OCC. The molecule has 2 N–H and O–H groups in total. The normalized spacial score (nSPS) is 20.2. The van der Waals surface area contributed by atoms with Gasteiger partial charge >= 0.3 is 19.3 Å². The molecule has 0 aromatic carbocycles. The van der Waals surface area contributed by atoms with Gasteiger partial charge in [0, 0.05) is 11.9 Å². The average molecular weight is 407 g/mol. The first-order valence-corrected chi connectivity index (χ1v) is 10.8. The monoisotopic (exact) mass is 407 g/mol. The Bertz CT molecular complexity index is 719. The van der Waals surface area contributed by atoms with E-state index in [1.165, 1.54) is 28.6 Å². The largest absolute Gasteiger partial charge is 0.461 e. The van der Waals surface area contributed by atoms with Crippen molar-refractivity contribution in [3.8, 4) is 0 Å². The van der Waals surface area contributed by atoms with Crippen LogP contribution in [0.1, 0.15) is 20.1 Å². The van der Waals surface area contributed by atoms with Gasteiger partial charge in [-0.2, -0.15) is 4.98 Å². The van der Waals surface area contributed by atoms with E-state index in [-0.39, 0.29) is 25.6 Å². The quantitative estimate of drug-likeness (QED) is 0.471. The fourth-order valence-electron chi connectivity index (χ4n) is 2.21. The summed E-state index contributed by atoms with van der Waals surface area (Å²) in [4.78, 5) is 27.4. The first-order valence-electron chi connectivity index (χ1n) is 8.02. The zero-order valence-corrected chi connectivity index (χ0v) is 16.2. The predicted octanol–water partition coefficient (Wildman–Crippen LogP) is 1.22. The Kier molecular flexibility index (Phi) is 7.66. The summed E-state index contributed by atoms with van der Waals surface area (Å²) >= 11 is 1.39. The molecular weight excluding hydrogens is 385 g/mol. The Morgan fingerprint density at radius 2 is 2.15 bits per heavy atom. The third-order valence-electron chi connectivity index (χ3n) is 3.25. The fourth-order valence-corrected chi connectivity index (χ4v) is 4.65. The second kappa shape index (κ2) is 9.52. The van der Waals surface area contributed by atoms with Crippen LogP contribution in [0.2, 0.25) is 0 Å². The van der Waals surface area contributed by atoms with Crippen LogP contribution in [-0.4, -0.2) is 52.7 Å². The maximum atomic E-state index is 12.3. The van der Waals surface area contributed by atoms with Crippen LogP contribution in [0.25, 0.3) is 0 Å². The highest BCUT2D eigenvalue weighted by atomic mass is 32.2. The minimum Gasteiger partial charge on any atom is -0.461 e. The van der Waals surface area contributed by atoms with Crippen molar-refractivity contribution in [2.75, 3.05) is 37.5 Å². The third-order valence-corrected chi connectivity index (χ3v) is 6.30. The first-order chi connectivity index (χ1) is 12.4. The second-order valence-corrected chi connectivity index (χ2v) is 8.43. The van der Waals surface area contributed by atoms with E-state index >= 15 is 0 Å². The molecule has 1 fully saturated rings. The van der Waals surface area contributed by atoms with E-state index < -0.39 is 37.1 Å². The number of hydrogen-bond donors (Lipinski definition) is 1. The van der Waals surface area contributed by atoms with Gasteiger partial charge in [-0.1, -0.05) is 0 Å². The molecule has 1 aliphatic rings. The van der Waals surface area contributed by atoms with Crippen LogP contribution in [0.3, 0.4) is 0 Å². The predicted molar refractivity (Wildman–Crippen MR) is 96.0 cm³/mol. The molecule has 26 heavy (non-hydrogen) atoms. The standard InChI is InChI=1S/C14H22N3O7PS/c1-3-22-25(20,23-4-2)8-12(18)21-7-13-24-11(9-26-13)17-6-5-10(15)16-14(17)19/h5-6,11,13H,3-4,7-9H2,1-2H3,(H2,15,16,19). The number of aromatic nitrogens is 2. The molecule has 0 spiro atoms. The Morgan fingerprint density at radius 1 is 1.46 bits per heavy atom. The molecule has 1 aromatic heterocycles. The van der Waals surface area contributed by atoms with E-state index in [0.717, 1.165) is 0 Å². The van der Waals surface area contributed by atoms with E-state index in [0.29, 0.717) is 5.75 Å². The number of carbonyl (C=O) groups is 1. The maximum absolute atomic E-state index is 12.3. The summed E-state index contributed by atoms with van der Waals surface area (Å²) in [6, 6.07) is 1.50. The lowest BCUT2D eigenvalue weighted by molar-refractivity contribution is -0.144. The minimum absolute atomic E-state index is 0.0462. The molecule has 0 saturated carbocycles. The molecule has 1 saturated heterocycles. The van der Waals surface area contributed by atoms with E-state index in [9.17, 15) is 14.2 Å². The van der Waals surface area contributed by atoms with Crippen molar-refractivity contribution in [1.82, 2.24) is 9.55 Å². The third kappa shape index (κ3) is 5.82. The van der Waals surface area contributed by atoms with Crippen molar-refractivity contribution in [3.05, 3.63) is 22.7 Å². The van der Waals surface area contributed by atoms with Gasteiger partial charge in [0.05, 0.1) is 13.2 Å². The van der Waals surface area contributed by atoms with Gasteiger partial charge in [0.1, 0.15) is 30.3 Å². The number of rotatable bonds is 9. The minimum atomic E-state index is -3.50. The number of anilines is 1. The van der Waals surface area contributed by atoms with Crippen LogP contribution in [0.5, 0.6) is 0 Å². The van der Waals surface area contributed by atoms with E-state index in [1.54, 1.807) is 13.8 Å². The van der Waals surface area contributed by atoms with Crippen LogP contribution in [-0.2, 0) is 27.9 Å². The lowest BCUT2D eigenvalue weighted by Gasteiger charge is -2.17. The Morgan fingerprint density at radius 3 is 2.77 bits per heavy atom. The number of nitrogens with two attached hydrogens (primary N) is 1. The molecule has 0 radical (unpaired) electrons. The van der Waals surface area contributed by atoms with E-state index in [1.807, 2.05) is 0 Å². The van der Waals surface area contributed by atoms with Crippen molar-refractivity contribution in [1.29, 1.82) is 0 Å². The summed E-state index contributed by atoms with van der Waals surface area (Å²) in [5.41, 5.74) is 4.49. The van der Waals surface area contributed by atoms with E-state index in [4.69, 9.17) is 24.3 Å². The molecule has 146 valence electrons. The number of carbonyl (C=O) groups excluding carboxylic acids is 1. The number of esters is 1. The van der Waals surface area contributed by atoms with Gasteiger partial charge in [0.2, 0.25) is 0 Å². The molecule has 2 rings (SSSR count). The Balaban J connectivity index is 1.84. The van der Waals surface area contributed by atoms with Gasteiger partial charge in [0.25, 0.3) is 0 Å². The van der Waals surface area contributed by atoms with Crippen LogP contribution in [0, 0.1) is 0 Å². The fraction of sp³-hybridized carbons (Fsp3) is 0.643. The molecule has 12 heteroatoms. The molecule has 0 amide bonds. The number of thioether (sulfide) groups is 1. The Labute approximate surface area is 154 Å². The van der Waals surface area contributed by atoms with Crippen LogP contribution in [0.15, 0.2) is 17.1 Å². The van der Waals surface area contributed by atoms with Gasteiger partial charge in [-0.05, 0) is 19.9 Å². The van der Waals surface area contributed by atoms with Crippen molar-refractivity contribution >= 4 is 31.1 Å². The average Bonchev–Trinajstić information content (AvgIpc) is 3.02. The smallest absolute Gasteiger partial charge is 0.351 e. The number of ether oxygens (including phenoxy) is 2. The summed E-state index contributed by atoms with van der Waals surface area (Å²) in [6.45, 7) is 3.61. The molecule has 0 aliphatic carbocycles. The summed E-state index contributed by atoms with van der Waals surface area (Å²) < 4.78 is 34.5. The number of hydrogen-bond acceptors (Lipinski definition) is 10. The molecule has 2 heterocycles. The van der Waals surface area contributed by atoms with Gasteiger partial charge in [-0.3, -0.25) is 13.9 Å². The zero-order valence-electron chi connectivity index (χ0n) is 14.5. The molecule has 1 aromatic rings. The molecule has 2 atom stereocenters. The summed E-state index contributed by atoms with van der Waals surface area (Å²) in [5, 5.41) is 0. The van der Waals surface area contributed by atoms with Crippen LogP contribution >= 0.6 is 19.4 Å². The van der Waals surface area contributed by atoms with Crippen molar-refractivity contribution in [3.63, 3.8) is 0 Å². The highest BCUT2D eigenvalue weighted by Gasteiger charge is 2.32. The maximum Gasteiger partial charge on any atom is 0.351 e. The lowest BCUT2D eigenvalue weighted by Crippen LogP contribution is -2.29. The first kappa shape index (κ1) is 20.9. The van der Waals surface area contributed by atoms with Crippen LogP contribution in [0.4, 0.5) is 5.82 Å². The second-order valence-electron chi connectivity index (χ2n) is 5.18. The van der Waals surface area contributed by atoms with Gasteiger partial charge in [0.15, 0.2) is 0 Å². The summed E-state index contributed by atoms with van der Waals surface area (Å²) in [6.07, 6.45) is 0.518. The topological polar surface area (TPSA) is 132 Å². The van der Waals surface area contributed by atoms with E-state index in [2.05, 4.69) is 4.98 Å².